The highest BCUT2D eigenvalue weighted by molar-refractivity contribution is 7.85. The fraction of sp³-hybridized carbons (Fsp3) is 0.533. The van der Waals surface area contributed by atoms with Gasteiger partial charge in [0, 0.05) is 5.56 Å². The first kappa shape index (κ1) is 21.1. The highest BCUT2D eigenvalue weighted by Gasteiger charge is 2.40. The van der Waals surface area contributed by atoms with E-state index in [1.165, 1.54) is 0 Å². The zero-order valence-corrected chi connectivity index (χ0v) is 14.8. The zero-order chi connectivity index (χ0) is 19.4. The number of benzene rings is 1. The molecule has 0 unspecified atom stereocenters. The number of nitrogens with zero attached hydrogens (tertiary/aromatic N) is 1. The molecule has 0 saturated heterocycles. The summed E-state index contributed by atoms with van der Waals surface area (Å²) in [7, 11) is -4.27. The van der Waals surface area contributed by atoms with Crippen LogP contribution in [0.3, 0.4) is 0 Å². The Morgan fingerprint density at radius 3 is 2.16 bits per heavy atom. The number of aryl methyl sites for hydroxylation is 1. The lowest BCUT2D eigenvalue weighted by molar-refractivity contribution is -0.0598. The summed E-state index contributed by atoms with van der Waals surface area (Å²) in [6.45, 7) is 3.51. The largest absolute Gasteiger partial charge is 0.507 e. The van der Waals surface area contributed by atoms with Gasteiger partial charge in [-0.2, -0.15) is 21.6 Å². The van der Waals surface area contributed by atoms with Gasteiger partial charge in [0.05, 0.1) is 11.8 Å². The molecule has 1 rings (SSSR count). The molecule has 0 heterocycles. The number of hydrogen-bond acceptors (Lipinski definition) is 6. The van der Waals surface area contributed by atoms with Gasteiger partial charge in [-0.1, -0.05) is 31.8 Å². The van der Waals surface area contributed by atoms with E-state index in [2.05, 4.69) is 9.44 Å². The number of hydrogen-bond donors (Lipinski definition) is 2. The van der Waals surface area contributed by atoms with Crippen LogP contribution >= 0.6 is 0 Å². The van der Waals surface area contributed by atoms with Crippen LogP contribution in [0, 0.1) is 0 Å². The van der Waals surface area contributed by atoms with Crippen LogP contribution in [-0.4, -0.2) is 36.8 Å². The highest BCUT2D eigenvalue weighted by Crippen LogP contribution is 2.39. The average molecular weight is 383 g/mol. The third-order valence-corrected chi connectivity index (χ3v) is 3.60. The summed E-state index contributed by atoms with van der Waals surface area (Å²) in [5.74, 6) is -1.07. The van der Waals surface area contributed by atoms with Crippen LogP contribution in [0.15, 0.2) is 11.2 Å². The number of phenols is 2. The van der Waals surface area contributed by atoms with Crippen molar-refractivity contribution < 1.29 is 36.1 Å². The van der Waals surface area contributed by atoms with Crippen molar-refractivity contribution in [3.8, 4) is 11.5 Å². The quantitative estimate of drug-likeness (QED) is 0.557. The Kier molecular flexibility index (Phi) is 6.69. The van der Waals surface area contributed by atoms with Gasteiger partial charge >= 0.3 is 16.3 Å². The van der Waals surface area contributed by atoms with Gasteiger partial charge in [0.25, 0.3) is 0 Å². The third kappa shape index (κ3) is 5.52. The number of halogens is 3. The van der Waals surface area contributed by atoms with Gasteiger partial charge in [0.2, 0.25) is 0 Å². The first-order valence-electron chi connectivity index (χ1n) is 7.53. The van der Waals surface area contributed by atoms with Gasteiger partial charge in [-0.15, -0.1) is 0 Å². The minimum absolute atomic E-state index is 0.0419. The lowest BCUT2D eigenvalue weighted by atomic mass is 9.94. The molecule has 0 amide bonds. The fourth-order valence-corrected chi connectivity index (χ4v) is 2.48. The predicted octanol–water partition coefficient (Wildman–Crippen LogP) is 3.25. The normalized spacial score (nSPS) is 13.1. The summed E-state index contributed by atoms with van der Waals surface area (Å²) in [5.41, 5.74) is -2.26. The van der Waals surface area contributed by atoms with Crippen molar-refractivity contribution in [1.29, 1.82) is 0 Å². The smallest absolute Gasteiger partial charge is 0.437 e. The van der Waals surface area contributed by atoms with Crippen LogP contribution in [0.2, 0.25) is 0 Å². The Labute approximate surface area is 144 Å². The standard InChI is InChI=1S/C15H20F3NO5S/c1-4-6-9-8-11(13(21)10(7-5-2)12(9)20)14(15(16,17)18)19-24-25(3,22)23/h8,20-21H,4-7H2,1-3H3/b19-14+. The SMILES string of the molecule is CCCc1cc(/C(=N\OS(C)(=O)=O)C(F)(F)F)c(O)c(CCC)c1O. The van der Waals surface area contributed by atoms with Gasteiger partial charge < -0.3 is 10.2 Å². The van der Waals surface area contributed by atoms with E-state index in [4.69, 9.17) is 0 Å². The number of rotatable bonds is 7. The zero-order valence-electron chi connectivity index (χ0n) is 14.0. The molecule has 0 atom stereocenters. The van der Waals surface area contributed by atoms with Crippen molar-refractivity contribution >= 4 is 15.8 Å². The molecule has 0 saturated carbocycles. The van der Waals surface area contributed by atoms with Crippen molar-refractivity contribution in [2.45, 2.75) is 45.7 Å². The lowest BCUT2D eigenvalue weighted by Crippen LogP contribution is -2.25. The molecule has 0 aliphatic rings. The molecule has 6 nitrogen and oxygen atoms in total. The number of alkyl halides is 3. The second kappa shape index (κ2) is 7.94. The van der Waals surface area contributed by atoms with Crippen molar-refractivity contribution in [2.24, 2.45) is 5.16 Å². The van der Waals surface area contributed by atoms with Crippen molar-refractivity contribution in [2.75, 3.05) is 6.26 Å². The molecule has 0 aliphatic carbocycles. The molecular formula is C15H20F3NO5S. The summed E-state index contributed by atoms with van der Waals surface area (Å²) >= 11 is 0. The van der Waals surface area contributed by atoms with Gasteiger partial charge in [-0.25, -0.2) is 0 Å². The maximum Gasteiger partial charge on any atom is 0.437 e. The van der Waals surface area contributed by atoms with E-state index in [-0.39, 0.29) is 29.7 Å². The Balaban J connectivity index is 3.68. The van der Waals surface area contributed by atoms with E-state index < -0.39 is 33.3 Å². The molecule has 0 bridgehead atoms. The molecule has 0 spiro atoms. The van der Waals surface area contributed by atoms with Crippen LogP contribution in [0.25, 0.3) is 0 Å². The molecule has 25 heavy (non-hydrogen) atoms. The molecular weight excluding hydrogens is 363 g/mol. The minimum Gasteiger partial charge on any atom is -0.507 e. The Hall–Kier alpha value is -1.97. The molecule has 0 aliphatic heterocycles. The molecule has 1 aromatic carbocycles. The topological polar surface area (TPSA) is 96.2 Å². The molecule has 0 radical (unpaired) electrons. The van der Waals surface area contributed by atoms with Crippen LogP contribution < -0.4 is 0 Å². The van der Waals surface area contributed by atoms with E-state index in [0.29, 0.717) is 19.1 Å². The predicted molar refractivity (Wildman–Crippen MR) is 86.3 cm³/mol. The fourth-order valence-electron chi connectivity index (χ4n) is 2.27. The summed E-state index contributed by atoms with van der Waals surface area (Å²) in [6, 6.07) is 0.950. The summed E-state index contributed by atoms with van der Waals surface area (Å²) < 4.78 is 65.8. The molecule has 2 N–H and O–H groups in total. The van der Waals surface area contributed by atoms with E-state index in [1.807, 2.05) is 0 Å². The Morgan fingerprint density at radius 2 is 1.72 bits per heavy atom. The summed E-state index contributed by atoms with van der Waals surface area (Å²) in [6.07, 6.45) is -3.11. The number of aromatic hydroxyl groups is 2. The maximum absolute atomic E-state index is 13.3. The first-order valence-corrected chi connectivity index (χ1v) is 9.34. The molecule has 0 aromatic heterocycles. The molecule has 10 heteroatoms. The van der Waals surface area contributed by atoms with E-state index in [1.54, 1.807) is 13.8 Å². The van der Waals surface area contributed by atoms with Crippen molar-refractivity contribution in [3.63, 3.8) is 0 Å². The first-order chi connectivity index (χ1) is 11.4. The van der Waals surface area contributed by atoms with Crippen LogP contribution in [0.4, 0.5) is 13.2 Å². The number of phenolic OH excluding ortho intramolecular Hbond substituents is 2. The van der Waals surface area contributed by atoms with Crippen LogP contribution in [-0.2, 0) is 27.2 Å². The molecule has 1 aromatic rings. The van der Waals surface area contributed by atoms with Crippen LogP contribution in [0.1, 0.15) is 43.4 Å². The second-order valence-corrected chi connectivity index (χ2v) is 7.03. The molecule has 0 fully saturated rings. The summed E-state index contributed by atoms with van der Waals surface area (Å²) in [4.78, 5) is 0. The third-order valence-electron chi connectivity index (χ3n) is 3.26. The number of oxime groups is 1. The Bertz CT molecular complexity index is 757. The maximum atomic E-state index is 13.3. The van der Waals surface area contributed by atoms with Gasteiger partial charge in [-0.3, -0.25) is 4.28 Å². The van der Waals surface area contributed by atoms with Crippen LogP contribution in [0.5, 0.6) is 11.5 Å². The Morgan fingerprint density at radius 1 is 1.16 bits per heavy atom. The summed E-state index contributed by atoms with van der Waals surface area (Å²) in [5, 5.41) is 23.1. The average Bonchev–Trinajstić information content (AvgIpc) is 2.45. The van der Waals surface area contributed by atoms with Gasteiger partial charge in [0.1, 0.15) is 11.5 Å². The van der Waals surface area contributed by atoms with E-state index in [9.17, 15) is 31.8 Å². The van der Waals surface area contributed by atoms with E-state index in [0.717, 1.165) is 6.07 Å². The highest BCUT2D eigenvalue weighted by atomic mass is 32.2. The van der Waals surface area contributed by atoms with Crippen molar-refractivity contribution in [3.05, 3.63) is 22.8 Å². The minimum atomic E-state index is -5.08. The lowest BCUT2D eigenvalue weighted by Gasteiger charge is -2.17. The monoisotopic (exact) mass is 383 g/mol. The molecule has 142 valence electrons. The van der Waals surface area contributed by atoms with Gasteiger partial charge in [-0.05, 0) is 24.5 Å². The second-order valence-electron chi connectivity index (χ2n) is 5.48. The van der Waals surface area contributed by atoms with Crippen molar-refractivity contribution in [1.82, 2.24) is 0 Å². The van der Waals surface area contributed by atoms with Gasteiger partial charge in [0.15, 0.2) is 5.71 Å². The van der Waals surface area contributed by atoms with E-state index >= 15 is 0 Å².